The van der Waals surface area contributed by atoms with Gasteiger partial charge in [-0.25, -0.2) is 4.98 Å². The van der Waals surface area contributed by atoms with E-state index < -0.39 is 0 Å². The number of hydrogen-bond acceptors (Lipinski definition) is 6. The zero-order chi connectivity index (χ0) is 13.2. The van der Waals surface area contributed by atoms with Crippen molar-refractivity contribution in [2.45, 2.75) is 26.7 Å². The number of rotatable bonds is 9. The summed E-state index contributed by atoms with van der Waals surface area (Å²) in [5.74, 6) is 1.04. The van der Waals surface area contributed by atoms with Crippen LogP contribution in [0, 0.1) is 0 Å². The highest BCUT2D eigenvalue weighted by atomic mass is 16.5. The molecule has 0 radical (unpaired) electrons. The van der Waals surface area contributed by atoms with E-state index >= 15 is 0 Å². The monoisotopic (exact) mass is 254 g/mol. The van der Waals surface area contributed by atoms with Gasteiger partial charge < -0.3 is 20.5 Å². The molecular formula is C12H22N4O2. The molecular weight excluding hydrogens is 232 g/mol. The van der Waals surface area contributed by atoms with Crippen molar-refractivity contribution in [3.63, 3.8) is 0 Å². The highest BCUT2D eigenvalue weighted by molar-refractivity contribution is 5.66. The molecule has 1 aromatic heterocycles. The summed E-state index contributed by atoms with van der Waals surface area (Å²) < 4.78 is 10.7. The highest BCUT2D eigenvalue weighted by Crippen LogP contribution is 2.24. The van der Waals surface area contributed by atoms with E-state index in [-0.39, 0.29) is 0 Å². The molecule has 0 spiro atoms. The molecule has 0 amide bonds. The Morgan fingerprint density at radius 1 is 1.28 bits per heavy atom. The second kappa shape index (κ2) is 8.52. The molecule has 0 saturated heterocycles. The first kappa shape index (κ1) is 14.5. The van der Waals surface area contributed by atoms with Gasteiger partial charge in [-0.3, -0.25) is 0 Å². The van der Waals surface area contributed by atoms with Crippen LogP contribution in [0.2, 0.25) is 0 Å². The van der Waals surface area contributed by atoms with Gasteiger partial charge in [0.05, 0.1) is 6.61 Å². The normalized spacial score (nSPS) is 10.3. The van der Waals surface area contributed by atoms with E-state index in [4.69, 9.17) is 15.2 Å². The Morgan fingerprint density at radius 3 is 2.83 bits per heavy atom. The Balaban J connectivity index is 2.35. The molecule has 0 aliphatic heterocycles. The van der Waals surface area contributed by atoms with Crippen molar-refractivity contribution in [2.24, 2.45) is 0 Å². The molecule has 1 aromatic rings. The molecule has 0 aliphatic rings. The SMILES string of the molecule is CCCOCCCNc1ncnc(OCC)c1N. The summed E-state index contributed by atoms with van der Waals surface area (Å²) in [5, 5.41) is 3.15. The molecule has 6 nitrogen and oxygen atoms in total. The lowest BCUT2D eigenvalue weighted by molar-refractivity contribution is 0.134. The fraction of sp³-hybridized carbons (Fsp3) is 0.667. The Morgan fingerprint density at radius 2 is 2.11 bits per heavy atom. The van der Waals surface area contributed by atoms with Gasteiger partial charge in [0.1, 0.15) is 12.0 Å². The van der Waals surface area contributed by atoms with Crippen molar-refractivity contribution < 1.29 is 9.47 Å². The summed E-state index contributed by atoms with van der Waals surface area (Å²) in [4.78, 5) is 8.06. The number of ether oxygens (including phenoxy) is 2. The lowest BCUT2D eigenvalue weighted by Crippen LogP contribution is -2.10. The molecule has 18 heavy (non-hydrogen) atoms. The fourth-order valence-electron chi connectivity index (χ4n) is 1.40. The number of nitrogen functional groups attached to an aromatic ring is 1. The lowest BCUT2D eigenvalue weighted by atomic mass is 10.4. The number of aromatic nitrogens is 2. The Kier molecular flexibility index (Phi) is 6.86. The summed E-state index contributed by atoms with van der Waals surface area (Å²) >= 11 is 0. The van der Waals surface area contributed by atoms with Gasteiger partial charge >= 0.3 is 0 Å². The zero-order valence-corrected chi connectivity index (χ0v) is 11.1. The van der Waals surface area contributed by atoms with Crippen molar-refractivity contribution in [1.82, 2.24) is 9.97 Å². The first-order valence-corrected chi connectivity index (χ1v) is 6.34. The van der Waals surface area contributed by atoms with Crippen molar-refractivity contribution in [3.05, 3.63) is 6.33 Å². The van der Waals surface area contributed by atoms with Gasteiger partial charge in [0.2, 0.25) is 5.88 Å². The molecule has 0 saturated carbocycles. The Hall–Kier alpha value is -1.56. The first-order valence-electron chi connectivity index (χ1n) is 6.34. The van der Waals surface area contributed by atoms with Crippen LogP contribution in [0.25, 0.3) is 0 Å². The van der Waals surface area contributed by atoms with Gasteiger partial charge in [-0.05, 0) is 19.8 Å². The molecule has 0 atom stereocenters. The molecule has 1 heterocycles. The van der Waals surface area contributed by atoms with Gasteiger partial charge in [-0.1, -0.05) is 6.92 Å². The summed E-state index contributed by atoms with van der Waals surface area (Å²) in [6.45, 7) is 6.82. The molecule has 0 aromatic carbocycles. The minimum absolute atomic E-state index is 0.428. The van der Waals surface area contributed by atoms with Crippen LogP contribution in [-0.2, 0) is 4.74 Å². The van der Waals surface area contributed by atoms with E-state index in [2.05, 4.69) is 22.2 Å². The van der Waals surface area contributed by atoms with E-state index in [9.17, 15) is 0 Å². The van der Waals surface area contributed by atoms with Gasteiger partial charge in [0.25, 0.3) is 0 Å². The number of hydrogen-bond donors (Lipinski definition) is 2. The average Bonchev–Trinajstić information content (AvgIpc) is 2.38. The molecule has 1 rings (SSSR count). The van der Waals surface area contributed by atoms with Gasteiger partial charge in [-0.15, -0.1) is 0 Å². The molecule has 0 fully saturated rings. The maximum atomic E-state index is 5.89. The standard InChI is InChI=1S/C12H22N4O2/c1-3-7-17-8-5-6-14-11-10(13)12(18-4-2)16-9-15-11/h9H,3-8,13H2,1-2H3,(H,14,15,16). The second-order valence-corrected chi connectivity index (χ2v) is 3.77. The predicted molar refractivity (Wildman–Crippen MR) is 71.8 cm³/mol. The minimum atomic E-state index is 0.428. The summed E-state index contributed by atoms with van der Waals surface area (Å²) in [5.41, 5.74) is 6.34. The molecule has 102 valence electrons. The smallest absolute Gasteiger partial charge is 0.242 e. The molecule has 3 N–H and O–H groups in total. The van der Waals surface area contributed by atoms with E-state index in [0.717, 1.165) is 32.6 Å². The van der Waals surface area contributed by atoms with Gasteiger partial charge in [0, 0.05) is 19.8 Å². The van der Waals surface area contributed by atoms with Crippen LogP contribution in [0.5, 0.6) is 5.88 Å². The van der Waals surface area contributed by atoms with Crippen molar-refractivity contribution in [2.75, 3.05) is 37.4 Å². The summed E-state index contributed by atoms with van der Waals surface area (Å²) in [7, 11) is 0. The maximum Gasteiger partial charge on any atom is 0.242 e. The molecule has 6 heteroatoms. The van der Waals surface area contributed by atoms with Crippen LogP contribution >= 0.6 is 0 Å². The quantitative estimate of drug-likeness (QED) is 0.652. The van der Waals surface area contributed by atoms with E-state index in [1.54, 1.807) is 0 Å². The topological polar surface area (TPSA) is 82.3 Å². The molecule has 0 bridgehead atoms. The number of nitrogens with two attached hydrogens (primary N) is 1. The van der Waals surface area contributed by atoms with Crippen LogP contribution in [-0.4, -0.2) is 36.3 Å². The largest absolute Gasteiger partial charge is 0.476 e. The average molecular weight is 254 g/mol. The van der Waals surface area contributed by atoms with Crippen LogP contribution in [0.4, 0.5) is 11.5 Å². The number of anilines is 2. The third-order valence-electron chi connectivity index (χ3n) is 2.23. The lowest BCUT2D eigenvalue weighted by Gasteiger charge is -2.10. The first-order chi connectivity index (χ1) is 8.79. The summed E-state index contributed by atoms with van der Waals surface area (Å²) in [6.07, 6.45) is 3.40. The van der Waals surface area contributed by atoms with Crippen LogP contribution < -0.4 is 15.8 Å². The van der Waals surface area contributed by atoms with Crippen LogP contribution in [0.3, 0.4) is 0 Å². The van der Waals surface area contributed by atoms with Gasteiger partial charge in [0.15, 0.2) is 5.82 Å². The third kappa shape index (κ3) is 4.75. The zero-order valence-electron chi connectivity index (χ0n) is 11.1. The number of nitrogens with one attached hydrogen (secondary N) is 1. The minimum Gasteiger partial charge on any atom is -0.476 e. The van der Waals surface area contributed by atoms with E-state index in [1.165, 1.54) is 6.33 Å². The fourth-order valence-corrected chi connectivity index (χ4v) is 1.40. The Bertz CT molecular complexity index is 347. The summed E-state index contributed by atoms with van der Waals surface area (Å²) in [6, 6.07) is 0. The second-order valence-electron chi connectivity index (χ2n) is 3.77. The third-order valence-corrected chi connectivity index (χ3v) is 2.23. The highest BCUT2D eigenvalue weighted by Gasteiger charge is 2.07. The predicted octanol–water partition coefficient (Wildman–Crippen LogP) is 1.69. The maximum absolute atomic E-state index is 5.89. The van der Waals surface area contributed by atoms with Gasteiger partial charge in [-0.2, -0.15) is 4.98 Å². The van der Waals surface area contributed by atoms with Crippen molar-refractivity contribution in [1.29, 1.82) is 0 Å². The molecule has 0 aliphatic carbocycles. The van der Waals surface area contributed by atoms with Crippen LogP contribution in [0.1, 0.15) is 26.7 Å². The van der Waals surface area contributed by atoms with Crippen molar-refractivity contribution >= 4 is 11.5 Å². The van der Waals surface area contributed by atoms with E-state index in [0.29, 0.717) is 24.0 Å². The van der Waals surface area contributed by atoms with Crippen LogP contribution in [0.15, 0.2) is 6.33 Å². The van der Waals surface area contributed by atoms with Crippen molar-refractivity contribution in [3.8, 4) is 5.88 Å². The number of nitrogens with zero attached hydrogens (tertiary/aromatic N) is 2. The molecule has 0 unspecified atom stereocenters. The Labute approximate surface area is 108 Å². The van der Waals surface area contributed by atoms with E-state index in [1.807, 2.05) is 6.92 Å².